The Hall–Kier alpha value is -1.72. The minimum absolute atomic E-state index is 0.0288. The molecule has 7 heterocycles. The first-order chi connectivity index (χ1) is 38.5. The van der Waals surface area contributed by atoms with Crippen LogP contribution in [0.1, 0.15) is 174 Å². The average molecular weight is 1190 g/mol. The molecule has 21 heteroatoms. The van der Waals surface area contributed by atoms with Crippen LogP contribution in [0.4, 0.5) is 17.6 Å². The van der Waals surface area contributed by atoms with Gasteiger partial charge in [-0.1, -0.05) is 6.92 Å². The Morgan fingerprint density at radius 3 is 1.43 bits per heavy atom. The van der Waals surface area contributed by atoms with Crippen LogP contribution in [0, 0.1) is 17.2 Å². The fourth-order valence-electron chi connectivity index (χ4n) is 11.7. The molecular weight excluding hydrogens is 1060 g/mol. The molecule has 0 aromatic rings. The summed E-state index contributed by atoms with van der Waals surface area (Å²) in [6.45, 7) is 43.9. The average Bonchev–Trinajstić information content (AvgIpc) is 3.56. The molecule has 0 aliphatic carbocycles. The second-order valence-corrected chi connectivity index (χ2v) is 27.8. The highest BCUT2D eigenvalue weighted by Crippen LogP contribution is 2.27. The van der Waals surface area contributed by atoms with E-state index in [1.807, 2.05) is 18.7 Å². The molecular formula is C62H129F4N15O2. The molecule has 7 rings (SSSR count). The van der Waals surface area contributed by atoms with Crippen LogP contribution in [0.15, 0.2) is 0 Å². The number of halogens is 4. The van der Waals surface area contributed by atoms with Crippen molar-refractivity contribution >= 4 is 5.78 Å². The molecule has 83 heavy (non-hydrogen) atoms. The number of hydrogen-bond acceptors (Lipinski definition) is 17. The van der Waals surface area contributed by atoms with E-state index in [1.165, 1.54) is 13.0 Å². The van der Waals surface area contributed by atoms with Crippen LogP contribution in [0.2, 0.25) is 0 Å². The number of likely N-dealkylation sites (tertiary alicyclic amines) is 7. The fraction of sp³-hybridized carbons (Fsp3) is 0.968. The summed E-state index contributed by atoms with van der Waals surface area (Å²) in [5.41, 5.74) is 38.8. The Morgan fingerprint density at radius 1 is 0.578 bits per heavy atom. The van der Waals surface area contributed by atoms with Gasteiger partial charge in [0.25, 0.3) is 6.43 Å². The van der Waals surface area contributed by atoms with E-state index in [4.69, 9.17) is 50.1 Å². The predicted octanol–water partition coefficient (Wildman–Crippen LogP) is 5.98. The van der Waals surface area contributed by atoms with Crippen LogP contribution in [0.3, 0.4) is 0 Å². The topological polar surface area (TPSA) is 255 Å². The van der Waals surface area contributed by atoms with Crippen molar-refractivity contribution in [2.24, 2.45) is 46.1 Å². The lowest BCUT2D eigenvalue weighted by Gasteiger charge is -2.41. The molecule has 0 bridgehead atoms. The van der Waals surface area contributed by atoms with Crippen molar-refractivity contribution in [3.63, 3.8) is 0 Å². The van der Waals surface area contributed by atoms with Gasteiger partial charge in [0.05, 0.1) is 36.2 Å². The van der Waals surface area contributed by atoms with E-state index in [-0.39, 0.29) is 29.4 Å². The Kier molecular flexibility index (Phi) is 37.6. The van der Waals surface area contributed by atoms with Gasteiger partial charge in [0.2, 0.25) is 0 Å². The largest absolute Gasteiger partial charge is 0.380 e. The number of rotatable bonds is 11. The number of nitrogens with zero attached hydrogens (tertiary/aromatic N) is 8. The lowest BCUT2D eigenvalue weighted by atomic mass is 9.87. The number of ketones is 1. The molecule has 0 amide bonds. The molecule has 0 aromatic carbocycles. The van der Waals surface area contributed by atoms with Crippen molar-refractivity contribution in [2.75, 3.05) is 105 Å². The molecule has 14 N–H and O–H groups in total. The van der Waals surface area contributed by atoms with E-state index >= 15 is 0 Å². The molecule has 0 aromatic heterocycles. The van der Waals surface area contributed by atoms with E-state index < -0.39 is 30.3 Å². The number of methoxy groups -OCH3 is 1. The van der Waals surface area contributed by atoms with Gasteiger partial charge in [-0.3, -0.25) is 39.1 Å². The van der Waals surface area contributed by atoms with Crippen molar-refractivity contribution in [1.29, 1.82) is 5.26 Å². The zero-order valence-corrected chi connectivity index (χ0v) is 55.5. The van der Waals surface area contributed by atoms with E-state index in [0.717, 1.165) is 97.4 Å². The van der Waals surface area contributed by atoms with Crippen LogP contribution in [-0.2, 0) is 9.53 Å². The first-order valence-electron chi connectivity index (χ1n) is 32.0. The van der Waals surface area contributed by atoms with Gasteiger partial charge in [-0.25, -0.2) is 17.6 Å². The van der Waals surface area contributed by atoms with Gasteiger partial charge in [-0.05, 0) is 187 Å². The Bertz CT molecular complexity index is 1750. The smallest absolute Gasteiger partial charge is 0.257 e. The number of Topliss-reactive ketones (excluding diaryl/α,β-unsaturated/α-hetero) is 1. The third-order valence-electron chi connectivity index (χ3n) is 17.8. The van der Waals surface area contributed by atoms with Crippen molar-refractivity contribution in [3.05, 3.63) is 0 Å². The highest BCUT2D eigenvalue weighted by atomic mass is 19.3. The Balaban J connectivity index is 0.000000485. The van der Waals surface area contributed by atoms with Crippen LogP contribution < -0.4 is 40.1 Å². The van der Waals surface area contributed by atoms with Crippen LogP contribution >= 0.6 is 0 Å². The maximum atomic E-state index is 12.9. The summed E-state index contributed by atoms with van der Waals surface area (Å²) in [6, 6.07) is 6.37. The molecule has 7 aliphatic heterocycles. The molecule has 10 atom stereocenters. The first kappa shape index (κ1) is 79.3. The fourth-order valence-corrected chi connectivity index (χ4v) is 11.7. The van der Waals surface area contributed by atoms with Crippen molar-refractivity contribution in [1.82, 2.24) is 34.3 Å². The molecule has 492 valence electrons. The number of piperidine rings is 7. The second kappa shape index (κ2) is 39.3. The molecule has 17 nitrogen and oxygen atoms in total. The summed E-state index contributed by atoms with van der Waals surface area (Å²) in [5.74, 6) is 0.988. The van der Waals surface area contributed by atoms with Gasteiger partial charge in [0.1, 0.15) is 18.6 Å². The van der Waals surface area contributed by atoms with Crippen molar-refractivity contribution < 1.29 is 27.1 Å². The minimum atomic E-state index is -2.41. The quantitative estimate of drug-likeness (QED) is 0.117. The third kappa shape index (κ3) is 30.8. The zero-order valence-electron chi connectivity index (χ0n) is 55.5. The summed E-state index contributed by atoms with van der Waals surface area (Å²) in [6.07, 6.45) is 6.21. The minimum Gasteiger partial charge on any atom is -0.380 e. The van der Waals surface area contributed by atoms with Crippen LogP contribution in [0.25, 0.3) is 0 Å². The van der Waals surface area contributed by atoms with E-state index in [2.05, 4.69) is 125 Å². The standard InChI is InChI=1S/C10H19N3.C9H18F2N2.C9H19FN2.C9H20N2O.C9H20N2.C8H17FN2.C8H16N2O/c1-9(2)13-7-3-4-10(12,8-13)5-6-11;1-7(2)13-5-3-4-9(12,6-13)8(10)11;1-8(2)12-5-3-4-9(11,6-10)7-12;1-7(2)11-5-8(10)4-9(6-11)12-3;1-7(2)11-5-4-8(3)9(10)6-11;1-6(2)11-4-7(9)3-8(10)5-11;1-6(2)10-4-7(9)3-8(11)5-10/h9H,3-5,7-8,12H2,1-2H3;7-8H,3-6,12H2,1-2H3;8H,3-7,11H2,1-2H3;7-9H,4-6,10H2,1-3H3;7-9H,4-6,10H2,1-3H3;6-8H,3-5,10H2,1-2H3;6-7H,3-5,9H2,1-2H3. The number of hydrogen-bond donors (Lipinski definition) is 7. The summed E-state index contributed by atoms with van der Waals surface area (Å²) in [4.78, 5) is 26.8. The van der Waals surface area contributed by atoms with Gasteiger partial charge < -0.3 is 44.9 Å². The molecule has 0 radical (unpaired) electrons. The normalized spacial score (nSPS) is 32.1. The number of carbonyl (C=O) groups excluding carboxylic acids is 1. The number of nitriles is 1. The van der Waals surface area contributed by atoms with Gasteiger partial charge >= 0.3 is 0 Å². The summed E-state index contributed by atoms with van der Waals surface area (Å²) in [7, 11) is 1.77. The van der Waals surface area contributed by atoms with E-state index in [1.54, 1.807) is 7.11 Å². The maximum Gasteiger partial charge on any atom is 0.257 e. The Labute approximate surface area is 504 Å². The number of ether oxygens (including phenoxy) is 1. The molecule has 7 fully saturated rings. The van der Waals surface area contributed by atoms with E-state index in [9.17, 15) is 22.4 Å². The highest BCUT2D eigenvalue weighted by Gasteiger charge is 2.41. The predicted molar refractivity (Wildman–Crippen MR) is 338 cm³/mol. The van der Waals surface area contributed by atoms with Crippen LogP contribution in [0.5, 0.6) is 0 Å². The van der Waals surface area contributed by atoms with Crippen molar-refractivity contribution in [2.45, 2.75) is 276 Å². The summed E-state index contributed by atoms with van der Waals surface area (Å²) in [5, 5.41) is 8.66. The van der Waals surface area contributed by atoms with Crippen LogP contribution in [-0.4, -0.2) is 247 Å². The number of carbonyl (C=O) groups is 1. The Morgan fingerprint density at radius 2 is 1.01 bits per heavy atom. The monoisotopic (exact) mass is 1190 g/mol. The van der Waals surface area contributed by atoms with Gasteiger partial charge in [0.15, 0.2) is 0 Å². The molecule has 10 unspecified atom stereocenters. The van der Waals surface area contributed by atoms with Crippen molar-refractivity contribution in [3.8, 4) is 6.07 Å². The van der Waals surface area contributed by atoms with Gasteiger partial charge in [-0.15, -0.1) is 0 Å². The molecule has 0 saturated carbocycles. The van der Waals surface area contributed by atoms with Gasteiger partial charge in [0, 0.05) is 144 Å². The maximum absolute atomic E-state index is 12.9. The SMILES string of the molecule is CC(C)N1CC(=O)CC(N)C1.CC(C)N1CC(N)CC(F)C1.CC(C)N1CCCC(N)(C(F)F)C1.CC(C)N1CCCC(N)(CC#N)C1.CC(C)N1CCCC(N)(CF)C1.CC1CCN(C(C)C)CC1N.COC1CC(N)CN(C(C)C)C1. The lowest BCUT2D eigenvalue weighted by molar-refractivity contribution is -0.123. The lowest BCUT2D eigenvalue weighted by Crippen LogP contribution is -2.59. The summed E-state index contributed by atoms with van der Waals surface area (Å²) >= 11 is 0. The third-order valence-corrected chi connectivity index (χ3v) is 17.8. The molecule has 0 spiro atoms. The number of nitrogens with two attached hydrogens (primary N) is 7. The first-order valence-corrected chi connectivity index (χ1v) is 32.0. The van der Waals surface area contributed by atoms with Gasteiger partial charge in [-0.2, -0.15) is 5.26 Å². The highest BCUT2D eigenvalue weighted by molar-refractivity contribution is 5.81. The second-order valence-electron chi connectivity index (χ2n) is 27.8. The molecule has 7 saturated heterocycles. The number of alkyl halides is 4. The summed E-state index contributed by atoms with van der Waals surface area (Å²) < 4.78 is 56.0. The zero-order chi connectivity index (χ0) is 63.6. The van der Waals surface area contributed by atoms with E-state index in [0.29, 0.717) is 112 Å². The molecule has 7 aliphatic rings.